The van der Waals surface area contributed by atoms with Crippen LogP contribution in [0.25, 0.3) is 10.9 Å². The molecule has 5 nitrogen and oxygen atoms in total. The predicted molar refractivity (Wildman–Crippen MR) is 67.9 cm³/mol. The molecule has 1 saturated carbocycles. The number of carbonyl (C=O) groups is 1. The molecular formula is C13H13N3O2. The molecular weight excluding hydrogens is 230 g/mol. The molecule has 0 atom stereocenters. The number of rotatable bonds is 3. The lowest BCUT2D eigenvalue weighted by atomic mass is 10.1. The molecule has 1 fully saturated rings. The molecule has 5 heteroatoms. The molecule has 0 bridgehead atoms. The molecule has 0 unspecified atom stereocenters. The average Bonchev–Trinajstić information content (AvgIpc) is 3.20. The monoisotopic (exact) mass is 243 g/mol. The maximum absolute atomic E-state index is 11.1. The second-order valence-corrected chi connectivity index (χ2v) is 4.56. The fraction of sp³-hybridized carbons (Fsp3) is 0.308. The van der Waals surface area contributed by atoms with Crippen LogP contribution in [0.15, 0.2) is 24.4 Å². The number of benzene rings is 1. The van der Waals surface area contributed by atoms with E-state index in [0.717, 1.165) is 0 Å². The van der Waals surface area contributed by atoms with Crippen LogP contribution in [0, 0.1) is 0 Å². The highest BCUT2D eigenvalue weighted by Crippen LogP contribution is 2.29. The number of aromatic nitrogens is 2. The summed E-state index contributed by atoms with van der Waals surface area (Å²) in [6.07, 6.45) is 3.94. The summed E-state index contributed by atoms with van der Waals surface area (Å²) in [5.74, 6) is -0.292. The van der Waals surface area contributed by atoms with Gasteiger partial charge in [0.1, 0.15) is 0 Å². The maximum Gasteiger partial charge on any atom is 0.336 e. The van der Waals surface area contributed by atoms with Gasteiger partial charge in [0.25, 0.3) is 0 Å². The van der Waals surface area contributed by atoms with Crippen LogP contribution in [0.3, 0.4) is 0 Å². The van der Waals surface area contributed by atoms with E-state index < -0.39 is 5.97 Å². The van der Waals surface area contributed by atoms with E-state index in [1.54, 1.807) is 18.3 Å². The molecule has 1 aromatic carbocycles. The number of carboxylic acids is 1. The Hall–Kier alpha value is -2.17. The minimum Gasteiger partial charge on any atom is -0.478 e. The van der Waals surface area contributed by atoms with Gasteiger partial charge in [0.15, 0.2) is 0 Å². The lowest BCUT2D eigenvalue weighted by Crippen LogP contribution is -2.21. The first kappa shape index (κ1) is 11.0. The Bertz CT molecular complexity index is 623. The van der Waals surface area contributed by atoms with Gasteiger partial charge in [0.2, 0.25) is 5.95 Å². The van der Waals surface area contributed by atoms with Crippen molar-refractivity contribution in [3.05, 3.63) is 30.0 Å². The van der Waals surface area contributed by atoms with E-state index in [9.17, 15) is 4.79 Å². The third kappa shape index (κ3) is 1.77. The van der Waals surface area contributed by atoms with Crippen LogP contribution in [0.2, 0.25) is 0 Å². The standard InChI is InChI=1S/C13H13N3O2/c1-16(8-5-6-8)13-14-7-10-9(12(17)18)3-2-4-11(10)15-13/h2-4,7-8H,5-6H2,1H3,(H,17,18). The third-order valence-electron chi connectivity index (χ3n) is 3.25. The third-order valence-corrected chi connectivity index (χ3v) is 3.25. The quantitative estimate of drug-likeness (QED) is 0.892. The van der Waals surface area contributed by atoms with Crippen molar-refractivity contribution in [3.63, 3.8) is 0 Å². The Balaban J connectivity index is 2.10. The van der Waals surface area contributed by atoms with Gasteiger partial charge in [-0.1, -0.05) is 6.07 Å². The van der Waals surface area contributed by atoms with Gasteiger partial charge >= 0.3 is 5.97 Å². The average molecular weight is 243 g/mol. The van der Waals surface area contributed by atoms with Crippen LogP contribution in [0.5, 0.6) is 0 Å². The number of hydrogen-bond donors (Lipinski definition) is 1. The SMILES string of the molecule is CN(c1ncc2c(C(=O)O)cccc2n1)C1CC1. The van der Waals surface area contributed by atoms with Crippen molar-refractivity contribution in [1.82, 2.24) is 9.97 Å². The Morgan fingerprint density at radius 1 is 1.44 bits per heavy atom. The van der Waals surface area contributed by atoms with Crippen molar-refractivity contribution in [2.24, 2.45) is 0 Å². The van der Waals surface area contributed by atoms with E-state index in [1.807, 2.05) is 18.0 Å². The van der Waals surface area contributed by atoms with Crippen LogP contribution < -0.4 is 4.90 Å². The van der Waals surface area contributed by atoms with Crippen LogP contribution >= 0.6 is 0 Å². The molecule has 0 saturated heterocycles. The van der Waals surface area contributed by atoms with Gasteiger partial charge in [0.05, 0.1) is 11.1 Å². The van der Waals surface area contributed by atoms with Crippen LogP contribution in [0.4, 0.5) is 5.95 Å². The van der Waals surface area contributed by atoms with Gasteiger partial charge in [-0.05, 0) is 25.0 Å². The highest BCUT2D eigenvalue weighted by atomic mass is 16.4. The van der Waals surface area contributed by atoms with Gasteiger partial charge in [-0.2, -0.15) is 0 Å². The molecule has 0 aliphatic heterocycles. The number of nitrogens with zero attached hydrogens (tertiary/aromatic N) is 3. The summed E-state index contributed by atoms with van der Waals surface area (Å²) in [5.41, 5.74) is 0.917. The second kappa shape index (κ2) is 3.94. The molecule has 1 N–H and O–H groups in total. The lowest BCUT2D eigenvalue weighted by Gasteiger charge is -2.16. The number of carboxylic acid groups (broad SMARTS) is 1. The lowest BCUT2D eigenvalue weighted by molar-refractivity contribution is 0.0699. The molecule has 1 aromatic heterocycles. The molecule has 3 rings (SSSR count). The van der Waals surface area contributed by atoms with Crippen molar-refractivity contribution >= 4 is 22.8 Å². The second-order valence-electron chi connectivity index (χ2n) is 4.56. The molecule has 0 spiro atoms. The first-order chi connectivity index (χ1) is 8.66. The summed E-state index contributed by atoms with van der Waals surface area (Å²) in [7, 11) is 1.97. The van der Waals surface area contributed by atoms with Gasteiger partial charge in [-0.3, -0.25) is 0 Å². The highest BCUT2D eigenvalue weighted by molar-refractivity contribution is 6.02. The van der Waals surface area contributed by atoms with Crippen LogP contribution in [-0.4, -0.2) is 34.1 Å². The van der Waals surface area contributed by atoms with Crippen molar-refractivity contribution < 1.29 is 9.90 Å². The largest absolute Gasteiger partial charge is 0.478 e. The van der Waals surface area contributed by atoms with E-state index in [-0.39, 0.29) is 5.56 Å². The topological polar surface area (TPSA) is 66.3 Å². The van der Waals surface area contributed by atoms with E-state index in [4.69, 9.17) is 5.11 Å². The predicted octanol–water partition coefficient (Wildman–Crippen LogP) is 1.93. The van der Waals surface area contributed by atoms with Gasteiger partial charge in [-0.25, -0.2) is 14.8 Å². The summed E-state index contributed by atoms with van der Waals surface area (Å²) in [4.78, 5) is 21.8. The minimum absolute atomic E-state index is 0.244. The summed E-state index contributed by atoms with van der Waals surface area (Å²) >= 11 is 0. The first-order valence-electron chi connectivity index (χ1n) is 5.88. The van der Waals surface area contributed by atoms with Crippen molar-refractivity contribution in [1.29, 1.82) is 0 Å². The van der Waals surface area contributed by atoms with Crippen molar-refractivity contribution in [2.75, 3.05) is 11.9 Å². The fourth-order valence-electron chi connectivity index (χ4n) is 2.03. The zero-order chi connectivity index (χ0) is 12.7. The molecule has 1 aliphatic carbocycles. The van der Waals surface area contributed by atoms with Crippen molar-refractivity contribution in [2.45, 2.75) is 18.9 Å². The Morgan fingerprint density at radius 2 is 2.22 bits per heavy atom. The molecule has 1 aliphatic rings. The van der Waals surface area contributed by atoms with E-state index in [1.165, 1.54) is 12.8 Å². The summed E-state index contributed by atoms with van der Waals surface area (Å²) in [6, 6.07) is 5.62. The summed E-state index contributed by atoms with van der Waals surface area (Å²) in [5, 5.41) is 9.68. The summed E-state index contributed by atoms with van der Waals surface area (Å²) in [6.45, 7) is 0. The summed E-state index contributed by atoms with van der Waals surface area (Å²) < 4.78 is 0. The maximum atomic E-state index is 11.1. The number of fused-ring (bicyclic) bond motifs is 1. The molecule has 0 radical (unpaired) electrons. The molecule has 1 heterocycles. The Labute approximate surface area is 104 Å². The number of aromatic carboxylic acids is 1. The zero-order valence-electron chi connectivity index (χ0n) is 10.00. The normalized spacial score (nSPS) is 14.7. The molecule has 92 valence electrons. The highest BCUT2D eigenvalue weighted by Gasteiger charge is 2.28. The number of anilines is 1. The number of hydrogen-bond acceptors (Lipinski definition) is 4. The Morgan fingerprint density at radius 3 is 2.89 bits per heavy atom. The van der Waals surface area contributed by atoms with Gasteiger partial charge in [0, 0.05) is 24.7 Å². The fourth-order valence-corrected chi connectivity index (χ4v) is 2.03. The van der Waals surface area contributed by atoms with Gasteiger partial charge < -0.3 is 10.0 Å². The molecule has 0 amide bonds. The van der Waals surface area contributed by atoms with E-state index in [0.29, 0.717) is 22.9 Å². The van der Waals surface area contributed by atoms with E-state index in [2.05, 4.69) is 9.97 Å². The van der Waals surface area contributed by atoms with Crippen LogP contribution in [-0.2, 0) is 0 Å². The first-order valence-corrected chi connectivity index (χ1v) is 5.88. The molecule has 18 heavy (non-hydrogen) atoms. The Kier molecular flexibility index (Phi) is 2.40. The zero-order valence-corrected chi connectivity index (χ0v) is 10.00. The smallest absolute Gasteiger partial charge is 0.336 e. The molecule has 2 aromatic rings. The van der Waals surface area contributed by atoms with Gasteiger partial charge in [-0.15, -0.1) is 0 Å². The van der Waals surface area contributed by atoms with Crippen molar-refractivity contribution in [3.8, 4) is 0 Å². The van der Waals surface area contributed by atoms with Crippen LogP contribution in [0.1, 0.15) is 23.2 Å². The minimum atomic E-state index is -0.951. The van der Waals surface area contributed by atoms with E-state index >= 15 is 0 Å².